The van der Waals surface area contributed by atoms with Gasteiger partial charge in [-0.1, -0.05) is 72.4 Å². The number of unbranched alkanes of at least 4 members (excludes halogenated alkanes) is 3. The van der Waals surface area contributed by atoms with E-state index in [2.05, 4.69) is 53.2 Å². The maximum Gasteiger partial charge on any atom is 0.0143 e. The number of rotatable bonds is 8. The van der Waals surface area contributed by atoms with E-state index in [9.17, 15) is 0 Å². The Hall–Kier alpha value is -0.300. The lowest BCUT2D eigenvalue weighted by molar-refractivity contribution is 0.600. The fourth-order valence-corrected chi connectivity index (χ4v) is 2.22. The zero-order chi connectivity index (χ0) is 11.6. The van der Waals surface area contributed by atoms with Crippen LogP contribution in [0.25, 0.3) is 0 Å². The molecule has 90 valence electrons. The molecular formula is C15H23Br. The molecule has 0 saturated heterocycles. The van der Waals surface area contributed by atoms with Crippen molar-refractivity contribution in [1.82, 2.24) is 0 Å². The first kappa shape index (κ1) is 13.8. The Morgan fingerprint density at radius 3 is 2.38 bits per heavy atom. The maximum atomic E-state index is 3.68. The van der Waals surface area contributed by atoms with Crippen LogP contribution in [0.4, 0.5) is 0 Å². The van der Waals surface area contributed by atoms with Crippen LogP contribution in [0.5, 0.6) is 0 Å². The second-order valence-corrected chi connectivity index (χ2v) is 5.74. The van der Waals surface area contributed by atoms with E-state index < -0.39 is 0 Å². The summed E-state index contributed by atoms with van der Waals surface area (Å²) in [5.74, 6) is 0. The first-order valence-corrected chi connectivity index (χ1v) is 7.42. The van der Waals surface area contributed by atoms with Crippen molar-refractivity contribution in [1.29, 1.82) is 0 Å². The van der Waals surface area contributed by atoms with Crippen molar-refractivity contribution in [2.24, 2.45) is 0 Å². The molecule has 0 spiro atoms. The summed E-state index contributed by atoms with van der Waals surface area (Å²) in [4.78, 5) is 0.738. The van der Waals surface area contributed by atoms with Gasteiger partial charge in [0.15, 0.2) is 0 Å². The molecular weight excluding hydrogens is 260 g/mol. The van der Waals surface area contributed by atoms with Gasteiger partial charge < -0.3 is 0 Å². The van der Waals surface area contributed by atoms with Crippen LogP contribution in [0.15, 0.2) is 30.3 Å². The smallest absolute Gasteiger partial charge is 0.0143 e. The van der Waals surface area contributed by atoms with E-state index in [0.717, 1.165) is 4.83 Å². The summed E-state index contributed by atoms with van der Waals surface area (Å²) < 4.78 is 0. The Morgan fingerprint density at radius 1 is 1.00 bits per heavy atom. The van der Waals surface area contributed by atoms with Crippen LogP contribution >= 0.6 is 15.9 Å². The normalized spacial score (nSPS) is 12.6. The molecule has 16 heavy (non-hydrogen) atoms. The van der Waals surface area contributed by atoms with Crippen molar-refractivity contribution in [3.05, 3.63) is 35.9 Å². The average molecular weight is 283 g/mol. The van der Waals surface area contributed by atoms with E-state index in [0.29, 0.717) is 0 Å². The van der Waals surface area contributed by atoms with E-state index in [1.54, 1.807) is 0 Å². The number of benzene rings is 1. The fraction of sp³-hybridized carbons (Fsp3) is 0.600. The summed E-state index contributed by atoms with van der Waals surface area (Å²) >= 11 is 3.68. The molecule has 1 atom stereocenters. The fourth-order valence-electron chi connectivity index (χ4n) is 1.90. The summed E-state index contributed by atoms with van der Waals surface area (Å²) in [6, 6.07) is 10.8. The lowest BCUT2D eigenvalue weighted by Gasteiger charge is -2.06. The van der Waals surface area contributed by atoms with Gasteiger partial charge in [0, 0.05) is 4.83 Å². The van der Waals surface area contributed by atoms with Gasteiger partial charge in [0.2, 0.25) is 0 Å². The third kappa shape index (κ3) is 6.32. The predicted molar refractivity (Wildman–Crippen MR) is 76.2 cm³/mol. The summed E-state index contributed by atoms with van der Waals surface area (Å²) in [6.07, 6.45) is 9.30. The quantitative estimate of drug-likeness (QED) is 0.445. The number of hydrogen-bond donors (Lipinski definition) is 0. The van der Waals surface area contributed by atoms with Crippen LogP contribution in [0.3, 0.4) is 0 Å². The maximum absolute atomic E-state index is 3.68. The van der Waals surface area contributed by atoms with Crippen LogP contribution in [-0.4, -0.2) is 4.83 Å². The van der Waals surface area contributed by atoms with E-state index in [4.69, 9.17) is 0 Å². The number of hydrogen-bond acceptors (Lipinski definition) is 0. The second kappa shape index (κ2) is 8.81. The van der Waals surface area contributed by atoms with Gasteiger partial charge in [-0.3, -0.25) is 0 Å². The lowest BCUT2D eigenvalue weighted by Crippen LogP contribution is -1.94. The lowest BCUT2D eigenvalue weighted by atomic mass is 10.0. The molecule has 0 aliphatic heterocycles. The molecule has 0 saturated carbocycles. The third-order valence-corrected chi connectivity index (χ3v) is 4.12. The van der Waals surface area contributed by atoms with Gasteiger partial charge in [-0.2, -0.15) is 0 Å². The predicted octanol–water partition coefficient (Wildman–Crippen LogP) is 5.35. The molecule has 1 aromatic carbocycles. The molecule has 0 aliphatic carbocycles. The standard InChI is InChI=1S/C15H23Br/c1-2-15(16)13-9-4-3-6-10-14-11-7-5-8-12-14/h5,7-8,11-12,15H,2-4,6,9-10,13H2,1H3. The topological polar surface area (TPSA) is 0 Å². The zero-order valence-electron chi connectivity index (χ0n) is 10.3. The van der Waals surface area contributed by atoms with Crippen molar-refractivity contribution < 1.29 is 0 Å². The summed E-state index contributed by atoms with van der Waals surface area (Å²) in [5.41, 5.74) is 1.48. The Kier molecular flexibility index (Phi) is 7.58. The summed E-state index contributed by atoms with van der Waals surface area (Å²) in [6.45, 7) is 2.24. The Morgan fingerprint density at radius 2 is 1.69 bits per heavy atom. The molecule has 1 unspecified atom stereocenters. The van der Waals surface area contributed by atoms with Gasteiger partial charge in [0.1, 0.15) is 0 Å². The Bertz CT molecular complexity index is 255. The first-order chi connectivity index (χ1) is 7.83. The highest BCUT2D eigenvalue weighted by Gasteiger charge is 1.99. The molecule has 0 amide bonds. The average Bonchev–Trinajstić information content (AvgIpc) is 2.34. The van der Waals surface area contributed by atoms with Gasteiger partial charge >= 0.3 is 0 Å². The van der Waals surface area contributed by atoms with Crippen molar-refractivity contribution in [3.63, 3.8) is 0 Å². The largest absolute Gasteiger partial charge is 0.0891 e. The SMILES string of the molecule is CCC(Br)CCCCCCc1ccccc1. The first-order valence-electron chi connectivity index (χ1n) is 6.51. The van der Waals surface area contributed by atoms with E-state index >= 15 is 0 Å². The Labute approximate surface area is 109 Å². The molecule has 1 rings (SSSR count). The minimum absolute atomic E-state index is 0.738. The van der Waals surface area contributed by atoms with Crippen LogP contribution < -0.4 is 0 Å². The molecule has 0 aromatic heterocycles. The van der Waals surface area contributed by atoms with Gasteiger partial charge in [-0.25, -0.2) is 0 Å². The van der Waals surface area contributed by atoms with Crippen LogP contribution in [0.2, 0.25) is 0 Å². The molecule has 1 aromatic rings. The Balaban J connectivity index is 1.96. The summed E-state index contributed by atoms with van der Waals surface area (Å²) in [7, 11) is 0. The van der Waals surface area contributed by atoms with Crippen LogP contribution in [0.1, 0.15) is 51.0 Å². The van der Waals surface area contributed by atoms with Crippen molar-refractivity contribution in [2.45, 2.75) is 56.7 Å². The minimum atomic E-state index is 0.738. The zero-order valence-corrected chi connectivity index (χ0v) is 11.9. The van der Waals surface area contributed by atoms with Crippen LogP contribution in [0, 0.1) is 0 Å². The highest BCUT2D eigenvalue weighted by atomic mass is 79.9. The van der Waals surface area contributed by atoms with Crippen LogP contribution in [-0.2, 0) is 6.42 Å². The van der Waals surface area contributed by atoms with Gasteiger partial charge in [0.05, 0.1) is 0 Å². The van der Waals surface area contributed by atoms with E-state index in [1.807, 2.05) is 0 Å². The molecule has 0 fully saturated rings. The second-order valence-electron chi connectivity index (χ2n) is 4.44. The van der Waals surface area contributed by atoms with E-state index in [-0.39, 0.29) is 0 Å². The molecule has 0 bridgehead atoms. The highest BCUT2D eigenvalue weighted by Crippen LogP contribution is 2.15. The highest BCUT2D eigenvalue weighted by molar-refractivity contribution is 9.09. The monoisotopic (exact) mass is 282 g/mol. The van der Waals surface area contributed by atoms with Crippen molar-refractivity contribution in [3.8, 4) is 0 Å². The molecule has 0 heterocycles. The minimum Gasteiger partial charge on any atom is -0.0891 e. The van der Waals surface area contributed by atoms with Gasteiger partial charge in [0.25, 0.3) is 0 Å². The van der Waals surface area contributed by atoms with Crippen molar-refractivity contribution in [2.75, 3.05) is 0 Å². The van der Waals surface area contributed by atoms with Gasteiger partial charge in [-0.05, 0) is 31.2 Å². The molecule has 0 aliphatic rings. The molecule has 0 N–H and O–H groups in total. The molecule has 0 nitrogen and oxygen atoms in total. The molecule has 0 radical (unpaired) electrons. The number of alkyl halides is 1. The molecule has 1 heteroatoms. The van der Waals surface area contributed by atoms with Gasteiger partial charge in [-0.15, -0.1) is 0 Å². The summed E-state index contributed by atoms with van der Waals surface area (Å²) in [5, 5.41) is 0. The van der Waals surface area contributed by atoms with E-state index in [1.165, 1.54) is 50.5 Å². The number of halogens is 1. The third-order valence-electron chi connectivity index (χ3n) is 3.02. The van der Waals surface area contributed by atoms with Crippen molar-refractivity contribution >= 4 is 15.9 Å². The number of aryl methyl sites for hydroxylation is 1.